The van der Waals surface area contributed by atoms with Crippen molar-refractivity contribution in [2.45, 2.75) is 39.3 Å². The molecule has 2 aromatic carbocycles. The molecule has 2 aromatic heterocycles. The van der Waals surface area contributed by atoms with Crippen LogP contribution in [0, 0.1) is 0 Å². The average molecular weight is 590 g/mol. The van der Waals surface area contributed by atoms with Crippen molar-refractivity contribution in [3.8, 4) is 11.1 Å². The molecule has 1 atom stereocenters. The number of amides is 2. The minimum Gasteiger partial charge on any atom is -0.378 e. The summed E-state index contributed by atoms with van der Waals surface area (Å²) in [5, 5.41) is 0.175. The molecule has 0 bridgehead atoms. The Kier molecular flexibility index (Phi) is 7.68. The Morgan fingerprint density at radius 1 is 1.07 bits per heavy atom. The van der Waals surface area contributed by atoms with E-state index in [1.165, 1.54) is 16.9 Å². The fourth-order valence-electron chi connectivity index (χ4n) is 5.73. The molecule has 1 saturated heterocycles. The normalized spacial score (nSPS) is 17.0. The lowest BCUT2D eigenvalue weighted by Crippen LogP contribution is -2.40. The van der Waals surface area contributed by atoms with Crippen molar-refractivity contribution in [2.75, 3.05) is 43.2 Å². The van der Waals surface area contributed by atoms with E-state index in [4.69, 9.17) is 16.3 Å². The monoisotopic (exact) mass is 589 g/mol. The zero-order valence-corrected chi connectivity index (χ0v) is 25.0. The van der Waals surface area contributed by atoms with Gasteiger partial charge in [-0.3, -0.25) is 9.59 Å². The summed E-state index contributed by atoms with van der Waals surface area (Å²) >= 11 is 7.64. The number of benzene rings is 2. The van der Waals surface area contributed by atoms with Crippen molar-refractivity contribution in [3.63, 3.8) is 0 Å². The minimum absolute atomic E-state index is 0.0694. The van der Waals surface area contributed by atoms with Crippen LogP contribution in [-0.2, 0) is 22.5 Å². The number of ether oxygens (including phenoxy) is 1. The highest BCUT2D eigenvalue weighted by molar-refractivity contribution is 7.21. The maximum Gasteiger partial charge on any atom is 0.264 e. The maximum absolute atomic E-state index is 13.4. The number of aromatic nitrogens is 2. The predicted molar refractivity (Wildman–Crippen MR) is 164 cm³/mol. The molecule has 0 spiro atoms. The van der Waals surface area contributed by atoms with Crippen LogP contribution in [0.1, 0.15) is 41.1 Å². The molecule has 6 rings (SSSR count). The van der Waals surface area contributed by atoms with Gasteiger partial charge in [-0.25, -0.2) is 4.98 Å². The van der Waals surface area contributed by atoms with Gasteiger partial charge in [0.1, 0.15) is 0 Å². The number of fused-ring (bicyclic) bond motifs is 2. The molecule has 4 heterocycles. The molecule has 2 aliphatic heterocycles. The molecule has 2 amide bonds. The van der Waals surface area contributed by atoms with Gasteiger partial charge in [0.25, 0.3) is 5.91 Å². The molecular weight excluding hydrogens is 558 g/mol. The molecule has 10 heteroatoms. The van der Waals surface area contributed by atoms with Crippen LogP contribution in [0.5, 0.6) is 0 Å². The van der Waals surface area contributed by atoms with Crippen molar-refractivity contribution in [1.82, 2.24) is 14.9 Å². The van der Waals surface area contributed by atoms with E-state index in [0.717, 1.165) is 58.8 Å². The molecule has 41 heavy (non-hydrogen) atoms. The van der Waals surface area contributed by atoms with Crippen molar-refractivity contribution in [3.05, 3.63) is 69.8 Å². The minimum atomic E-state index is -0.0694. The molecule has 2 aliphatic rings. The van der Waals surface area contributed by atoms with Crippen molar-refractivity contribution < 1.29 is 14.3 Å². The first-order chi connectivity index (χ1) is 19.8. The van der Waals surface area contributed by atoms with Gasteiger partial charge in [-0.2, -0.15) is 4.98 Å². The summed E-state index contributed by atoms with van der Waals surface area (Å²) in [5.41, 5.74) is 6.17. The highest BCUT2D eigenvalue weighted by Gasteiger charge is 2.26. The number of carbonyl (C=O) groups is 2. The number of aryl methyl sites for hydroxylation is 1. The van der Waals surface area contributed by atoms with Gasteiger partial charge >= 0.3 is 0 Å². The van der Waals surface area contributed by atoms with E-state index in [0.29, 0.717) is 30.2 Å². The van der Waals surface area contributed by atoms with Gasteiger partial charge in [0.05, 0.1) is 28.3 Å². The third-order valence-electron chi connectivity index (χ3n) is 7.85. The van der Waals surface area contributed by atoms with Gasteiger partial charge in [0.2, 0.25) is 11.2 Å². The number of halogens is 1. The molecule has 8 nitrogen and oxygen atoms in total. The number of hydrogen-bond donors (Lipinski definition) is 0. The molecule has 0 aliphatic carbocycles. The Hall–Kier alpha value is -3.53. The van der Waals surface area contributed by atoms with E-state index in [1.807, 2.05) is 18.0 Å². The third kappa shape index (κ3) is 5.54. The highest BCUT2D eigenvalue weighted by Crippen LogP contribution is 2.36. The van der Waals surface area contributed by atoms with E-state index in [9.17, 15) is 9.59 Å². The Balaban J connectivity index is 1.17. The van der Waals surface area contributed by atoms with Gasteiger partial charge in [-0.15, -0.1) is 11.3 Å². The van der Waals surface area contributed by atoms with Gasteiger partial charge in [0.15, 0.2) is 5.82 Å². The Morgan fingerprint density at radius 3 is 2.54 bits per heavy atom. The van der Waals surface area contributed by atoms with Crippen molar-refractivity contribution in [2.24, 2.45) is 0 Å². The zero-order chi connectivity index (χ0) is 28.7. The predicted octanol–water partition coefficient (Wildman–Crippen LogP) is 5.81. The lowest BCUT2D eigenvalue weighted by Gasteiger charge is -2.34. The summed E-state index contributed by atoms with van der Waals surface area (Å²) in [6.07, 6.45) is 1.92. The lowest BCUT2D eigenvalue weighted by molar-refractivity contribution is -0.117. The van der Waals surface area contributed by atoms with Crippen LogP contribution in [0.25, 0.3) is 21.3 Å². The van der Waals surface area contributed by atoms with Gasteiger partial charge in [0, 0.05) is 45.3 Å². The van der Waals surface area contributed by atoms with E-state index in [-0.39, 0.29) is 23.1 Å². The summed E-state index contributed by atoms with van der Waals surface area (Å²) < 4.78 is 6.34. The number of hydrogen-bond acceptors (Lipinski definition) is 7. The Bertz CT molecular complexity index is 1620. The van der Waals surface area contributed by atoms with Crippen LogP contribution >= 0.6 is 22.9 Å². The fraction of sp³-hybridized carbons (Fsp3) is 0.355. The summed E-state index contributed by atoms with van der Waals surface area (Å²) in [6.45, 7) is 6.92. The number of rotatable bonds is 5. The number of carbonyl (C=O) groups excluding carboxylic acids is 2. The van der Waals surface area contributed by atoms with E-state index in [2.05, 4.69) is 64.3 Å². The SMILES string of the molecule is CC(=O)N1c2ccc(-c3ccc(CN(C)C(=O)c4cc5nc(Cl)nc(N6CCOCC6)c5s4)cc3)cc2CC[C@@H]1C. The fourth-order valence-corrected chi connectivity index (χ4v) is 7.01. The highest BCUT2D eigenvalue weighted by atomic mass is 35.5. The number of nitrogens with zero attached hydrogens (tertiary/aromatic N) is 5. The largest absolute Gasteiger partial charge is 0.378 e. The molecule has 0 saturated carbocycles. The molecule has 212 valence electrons. The second-order valence-corrected chi connectivity index (χ2v) is 12.1. The second-order valence-electron chi connectivity index (χ2n) is 10.7. The summed E-state index contributed by atoms with van der Waals surface area (Å²) in [4.78, 5) is 40.8. The first-order valence-electron chi connectivity index (χ1n) is 13.9. The Labute approximate surface area is 248 Å². The molecular formula is C31H32ClN5O3S. The summed E-state index contributed by atoms with van der Waals surface area (Å²) in [7, 11) is 1.81. The molecule has 0 radical (unpaired) electrons. The molecule has 0 unspecified atom stereocenters. The second kappa shape index (κ2) is 11.4. The zero-order valence-electron chi connectivity index (χ0n) is 23.4. The summed E-state index contributed by atoms with van der Waals surface area (Å²) in [5.74, 6) is 0.774. The first-order valence-corrected chi connectivity index (χ1v) is 15.0. The van der Waals surface area contributed by atoms with E-state index in [1.54, 1.807) is 11.8 Å². The summed E-state index contributed by atoms with van der Waals surface area (Å²) in [6, 6.07) is 16.7. The smallest absolute Gasteiger partial charge is 0.264 e. The number of anilines is 2. The van der Waals surface area contributed by atoms with Crippen LogP contribution in [0.4, 0.5) is 11.5 Å². The molecule has 1 fully saturated rings. The quantitative estimate of drug-likeness (QED) is 0.273. The lowest BCUT2D eigenvalue weighted by atomic mass is 9.93. The van der Waals surface area contributed by atoms with Gasteiger partial charge in [-0.1, -0.05) is 30.3 Å². The molecule has 4 aromatic rings. The number of morpholine rings is 1. The van der Waals surface area contributed by atoms with Crippen molar-refractivity contribution >= 4 is 56.5 Å². The van der Waals surface area contributed by atoms with E-state index < -0.39 is 0 Å². The average Bonchev–Trinajstić information content (AvgIpc) is 3.40. The van der Waals surface area contributed by atoms with Crippen molar-refractivity contribution in [1.29, 1.82) is 0 Å². The van der Waals surface area contributed by atoms with Crippen LogP contribution in [0.15, 0.2) is 48.5 Å². The van der Waals surface area contributed by atoms with Crippen LogP contribution in [-0.4, -0.2) is 66.1 Å². The Morgan fingerprint density at radius 2 is 1.80 bits per heavy atom. The maximum atomic E-state index is 13.4. The topological polar surface area (TPSA) is 78.9 Å². The van der Waals surface area contributed by atoms with Gasteiger partial charge in [-0.05, 0) is 71.8 Å². The number of thiophene rings is 1. The van der Waals surface area contributed by atoms with Crippen LogP contribution < -0.4 is 9.80 Å². The van der Waals surface area contributed by atoms with Gasteiger partial charge < -0.3 is 19.4 Å². The van der Waals surface area contributed by atoms with Crippen LogP contribution in [0.3, 0.4) is 0 Å². The molecule has 0 N–H and O–H groups in total. The third-order valence-corrected chi connectivity index (χ3v) is 9.13. The first kappa shape index (κ1) is 27.6. The van der Waals surface area contributed by atoms with E-state index >= 15 is 0 Å². The van der Waals surface area contributed by atoms with Crippen LogP contribution in [0.2, 0.25) is 5.28 Å². The standard InChI is InChI=1S/C31H32ClN5O3S/c1-19-4-7-24-16-23(10-11-26(24)37(19)20(2)38)22-8-5-21(6-9-22)18-35(3)30(39)27-17-25-28(41-27)29(34-31(32)33-25)36-12-14-40-15-13-36/h5-6,8-11,16-17,19H,4,7,12-15,18H2,1-3H3/t19-/m0/s1.